The maximum Gasteiger partial charge on any atom is 0.339 e. The number of aromatic carboxylic acids is 1. The van der Waals surface area contributed by atoms with Crippen LogP contribution in [0.4, 0.5) is 5.69 Å². The van der Waals surface area contributed by atoms with Crippen molar-refractivity contribution >= 4 is 23.3 Å². The third kappa shape index (κ3) is 1.96. The molecule has 1 saturated heterocycles. The maximum atomic E-state index is 11.4. The Labute approximate surface area is 96.1 Å². The summed E-state index contributed by atoms with van der Waals surface area (Å²) in [7, 11) is 0. The Morgan fingerprint density at radius 1 is 1.29 bits per heavy atom. The molecular weight excluding hydrogens is 226 g/mol. The van der Waals surface area contributed by atoms with Gasteiger partial charge in [-0.3, -0.25) is 9.59 Å². The molecule has 0 unspecified atom stereocenters. The van der Waals surface area contributed by atoms with Crippen molar-refractivity contribution in [2.45, 2.75) is 6.42 Å². The van der Waals surface area contributed by atoms with Gasteiger partial charge in [0.2, 0.25) is 5.91 Å². The molecule has 0 spiro atoms. The molecule has 1 fully saturated rings. The lowest BCUT2D eigenvalue weighted by Crippen LogP contribution is -2.24. The lowest BCUT2D eigenvalue weighted by atomic mass is 10.1. The van der Waals surface area contributed by atoms with Gasteiger partial charge in [0.15, 0.2) is 5.78 Å². The van der Waals surface area contributed by atoms with Crippen molar-refractivity contribution in [1.82, 2.24) is 0 Å². The van der Waals surface area contributed by atoms with Gasteiger partial charge in [0.25, 0.3) is 0 Å². The van der Waals surface area contributed by atoms with Crippen molar-refractivity contribution in [3.63, 3.8) is 0 Å². The van der Waals surface area contributed by atoms with Gasteiger partial charge in [-0.1, -0.05) is 0 Å². The van der Waals surface area contributed by atoms with Crippen molar-refractivity contribution in [2.75, 3.05) is 11.4 Å². The minimum atomic E-state index is -1.29. The first-order chi connectivity index (χ1) is 7.99. The highest BCUT2D eigenvalue weighted by Gasteiger charge is 2.29. The summed E-state index contributed by atoms with van der Waals surface area (Å²) in [5, 5.41) is 18.1. The number of Topliss-reactive ketones (excluding diaryl/α,β-unsaturated/α-hetero) is 1. The van der Waals surface area contributed by atoms with E-state index in [1.165, 1.54) is 23.1 Å². The van der Waals surface area contributed by atoms with Crippen LogP contribution in [-0.2, 0) is 9.59 Å². The van der Waals surface area contributed by atoms with Crippen LogP contribution in [-0.4, -0.2) is 34.4 Å². The van der Waals surface area contributed by atoms with Gasteiger partial charge in [0.1, 0.15) is 11.3 Å². The van der Waals surface area contributed by atoms with Crippen LogP contribution in [0, 0.1) is 0 Å². The second-order valence-corrected chi connectivity index (χ2v) is 3.70. The number of ketones is 1. The van der Waals surface area contributed by atoms with E-state index in [1.54, 1.807) is 0 Å². The number of benzene rings is 1. The van der Waals surface area contributed by atoms with Crippen molar-refractivity contribution < 1.29 is 24.6 Å². The van der Waals surface area contributed by atoms with E-state index in [-0.39, 0.29) is 36.0 Å². The van der Waals surface area contributed by atoms with Crippen molar-refractivity contribution in [2.24, 2.45) is 0 Å². The molecule has 17 heavy (non-hydrogen) atoms. The highest BCUT2D eigenvalue weighted by atomic mass is 16.4. The Kier molecular flexibility index (Phi) is 2.55. The molecule has 1 aliphatic heterocycles. The van der Waals surface area contributed by atoms with Gasteiger partial charge in [-0.2, -0.15) is 0 Å². The van der Waals surface area contributed by atoms with Gasteiger partial charge in [-0.25, -0.2) is 4.79 Å². The van der Waals surface area contributed by atoms with Gasteiger partial charge in [-0.15, -0.1) is 0 Å². The zero-order valence-electron chi connectivity index (χ0n) is 8.71. The fraction of sp³-hybridized carbons (Fsp3) is 0.182. The van der Waals surface area contributed by atoms with Crippen molar-refractivity contribution in [3.8, 4) is 5.75 Å². The monoisotopic (exact) mass is 235 g/mol. The average Bonchev–Trinajstić information content (AvgIpc) is 2.58. The second kappa shape index (κ2) is 3.89. The van der Waals surface area contributed by atoms with Gasteiger partial charge in [-0.05, 0) is 18.2 Å². The van der Waals surface area contributed by atoms with Gasteiger partial charge < -0.3 is 15.1 Å². The molecule has 2 rings (SSSR count). The molecule has 2 N–H and O–H groups in total. The van der Waals surface area contributed by atoms with E-state index in [0.717, 1.165) is 0 Å². The van der Waals surface area contributed by atoms with Crippen LogP contribution >= 0.6 is 0 Å². The Bertz CT molecular complexity index is 523. The number of phenols is 1. The molecule has 0 atom stereocenters. The lowest BCUT2D eigenvalue weighted by Gasteiger charge is -2.15. The van der Waals surface area contributed by atoms with Crippen molar-refractivity contribution in [3.05, 3.63) is 23.8 Å². The molecular formula is C11H9NO5. The minimum Gasteiger partial charge on any atom is -0.507 e. The number of carboxylic acids is 1. The molecule has 1 aromatic carbocycles. The van der Waals surface area contributed by atoms with E-state index >= 15 is 0 Å². The molecule has 88 valence electrons. The molecule has 0 bridgehead atoms. The zero-order chi connectivity index (χ0) is 12.6. The summed E-state index contributed by atoms with van der Waals surface area (Å²) < 4.78 is 0. The van der Waals surface area contributed by atoms with Crippen LogP contribution in [0.1, 0.15) is 16.8 Å². The first-order valence-corrected chi connectivity index (χ1v) is 4.87. The molecule has 6 heteroatoms. The van der Waals surface area contributed by atoms with E-state index in [2.05, 4.69) is 0 Å². The number of aromatic hydroxyl groups is 1. The highest BCUT2D eigenvalue weighted by Crippen LogP contribution is 2.26. The number of amides is 1. The first-order valence-electron chi connectivity index (χ1n) is 4.87. The predicted molar refractivity (Wildman–Crippen MR) is 57.0 cm³/mol. The van der Waals surface area contributed by atoms with E-state index in [1.807, 2.05) is 0 Å². The first kappa shape index (κ1) is 11.1. The lowest BCUT2D eigenvalue weighted by molar-refractivity contribution is -0.121. The molecule has 1 amide bonds. The van der Waals surface area contributed by atoms with Crippen LogP contribution in [0.25, 0.3) is 0 Å². The van der Waals surface area contributed by atoms with E-state index in [4.69, 9.17) is 5.11 Å². The molecule has 1 aromatic rings. The highest BCUT2D eigenvalue weighted by molar-refractivity contribution is 6.15. The number of nitrogens with zero attached hydrogens (tertiary/aromatic N) is 1. The summed E-state index contributed by atoms with van der Waals surface area (Å²) in [5.41, 5.74) is 0.00528. The number of hydrogen-bond donors (Lipinski definition) is 2. The summed E-state index contributed by atoms with van der Waals surface area (Å²) in [6.07, 6.45) is -0.163. The van der Waals surface area contributed by atoms with Gasteiger partial charge in [0, 0.05) is 5.69 Å². The molecule has 0 saturated carbocycles. The summed E-state index contributed by atoms with van der Waals surface area (Å²) in [6.45, 7) is -0.0529. The quantitative estimate of drug-likeness (QED) is 0.723. The topological polar surface area (TPSA) is 94.9 Å². The number of carboxylic acid groups (broad SMARTS) is 1. The van der Waals surface area contributed by atoms with E-state index in [9.17, 15) is 19.5 Å². The molecule has 0 aromatic heterocycles. The number of carbonyl (C=O) groups excluding carboxylic acids is 2. The van der Waals surface area contributed by atoms with Crippen LogP contribution < -0.4 is 4.90 Å². The molecule has 1 heterocycles. The normalized spacial score (nSPS) is 15.4. The minimum absolute atomic E-state index is 0.0529. The predicted octanol–water partition coefficient (Wildman–Crippen LogP) is 0.396. The zero-order valence-corrected chi connectivity index (χ0v) is 8.71. The Morgan fingerprint density at radius 2 is 2.00 bits per heavy atom. The summed E-state index contributed by atoms with van der Waals surface area (Å²) in [6, 6.07) is 3.77. The smallest absolute Gasteiger partial charge is 0.339 e. The Hall–Kier alpha value is -2.37. The largest absolute Gasteiger partial charge is 0.507 e. The number of hydrogen-bond acceptors (Lipinski definition) is 4. The fourth-order valence-electron chi connectivity index (χ4n) is 1.68. The van der Waals surface area contributed by atoms with Crippen LogP contribution in [0.5, 0.6) is 5.75 Å². The third-order valence-corrected chi connectivity index (χ3v) is 2.51. The van der Waals surface area contributed by atoms with Crippen LogP contribution in [0.3, 0.4) is 0 Å². The van der Waals surface area contributed by atoms with Crippen LogP contribution in [0.2, 0.25) is 0 Å². The van der Waals surface area contributed by atoms with Gasteiger partial charge >= 0.3 is 5.97 Å². The Balaban J connectivity index is 2.40. The molecule has 0 aliphatic carbocycles. The van der Waals surface area contributed by atoms with Crippen molar-refractivity contribution in [1.29, 1.82) is 0 Å². The fourth-order valence-corrected chi connectivity index (χ4v) is 1.68. The summed E-state index contributed by atoms with van der Waals surface area (Å²) in [5.74, 6) is -2.24. The second-order valence-electron chi connectivity index (χ2n) is 3.70. The third-order valence-electron chi connectivity index (χ3n) is 2.51. The van der Waals surface area contributed by atoms with E-state index < -0.39 is 5.97 Å². The Morgan fingerprint density at radius 3 is 2.53 bits per heavy atom. The molecule has 1 aliphatic rings. The standard InChI is InChI=1S/C11H9NO5/c13-7-4-10(15)12(5-7)6-1-2-9(14)8(3-6)11(16)17/h1-3,14H,4-5H2,(H,16,17). The molecule has 0 radical (unpaired) electrons. The number of rotatable bonds is 2. The summed E-state index contributed by atoms with van der Waals surface area (Å²) in [4.78, 5) is 34.5. The van der Waals surface area contributed by atoms with Gasteiger partial charge in [0.05, 0.1) is 13.0 Å². The maximum absolute atomic E-state index is 11.4. The number of carbonyl (C=O) groups is 3. The SMILES string of the molecule is O=C1CC(=O)N(c2ccc(O)c(C(=O)O)c2)C1. The molecule has 6 nitrogen and oxygen atoms in total. The van der Waals surface area contributed by atoms with E-state index in [0.29, 0.717) is 5.69 Å². The number of anilines is 1. The van der Waals surface area contributed by atoms with Crippen LogP contribution in [0.15, 0.2) is 18.2 Å². The summed E-state index contributed by atoms with van der Waals surface area (Å²) >= 11 is 0. The average molecular weight is 235 g/mol.